The first-order chi connectivity index (χ1) is 9.34. The molecule has 2 heterocycles. The molecule has 0 aliphatic carbocycles. The molecule has 0 bridgehead atoms. The Kier molecular flexibility index (Phi) is 3.02. The van der Waals surface area contributed by atoms with Crippen LogP contribution >= 0.6 is 0 Å². The van der Waals surface area contributed by atoms with Crippen molar-refractivity contribution in [1.29, 1.82) is 0 Å². The third kappa shape index (κ3) is 2.35. The van der Waals surface area contributed by atoms with Crippen LogP contribution in [0.1, 0.15) is 5.69 Å². The van der Waals surface area contributed by atoms with E-state index in [1.807, 2.05) is 24.4 Å². The Morgan fingerprint density at radius 2 is 2.05 bits per heavy atom. The van der Waals surface area contributed by atoms with Gasteiger partial charge < -0.3 is 16.0 Å². The Labute approximate surface area is 110 Å². The van der Waals surface area contributed by atoms with Crippen LogP contribution in [0.4, 0.5) is 11.4 Å². The Morgan fingerprint density at radius 3 is 2.89 bits per heavy atom. The molecular formula is C14H15N5. The maximum absolute atomic E-state index is 5.95. The average Bonchev–Trinajstić information content (AvgIpc) is 2.95. The first kappa shape index (κ1) is 11.5. The van der Waals surface area contributed by atoms with E-state index in [-0.39, 0.29) is 0 Å². The minimum Gasteiger partial charge on any atom is -0.398 e. The lowest BCUT2D eigenvalue weighted by atomic mass is 10.1. The zero-order chi connectivity index (χ0) is 13.1. The van der Waals surface area contributed by atoms with Gasteiger partial charge in [0.15, 0.2) is 0 Å². The highest BCUT2D eigenvalue weighted by Gasteiger charge is 2.03. The summed E-state index contributed by atoms with van der Waals surface area (Å²) in [5.74, 6) is 0. The average molecular weight is 253 g/mol. The van der Waals surface area contributed by atoms with Gasteiger partial charge in [-0.15, -0.1) is 0 Å². The van der Waals surface area contributed by atoms with Crippen molar-refractivity contribution in [3.63, 3.8) is 0 Å². The van der Waals surface area contributed by atoms with Gasteiger partial charge in [-0.2, -0.15) is 0 Å². The Balaban J connectivity index is 1.79. The lowest BCUT2D eigenvalue weighted by Crippen LogP contribution is -2.05. The first-order valence-electron chi connectivity index (χ1n) is 6.18. The molecule has 3 rings (SSSR count). The van der Waals surface area contributed by atoms with Gasteiger partial charge >= 0.3 is 0 Å². The molecule has 0 saturated heterocycles. The molecule has 0 fully saturated rings. The third-order valence-corrected chi connectivity index (χ3v) is 3.12. The fourth-order valence-corrected chi connectivity index (χ4v) is 2.12. The van der Waals surface area contributed by atoms with E-state index in [1.54, 1.807) is 18.7 Å². The van der Waals surface area contributed by atoms with E-state index in [9.17, 15) is 0 Å². The van der Waals surface area contributed by atoms with Crippen LogP contribution < -0.4 is 11.1 Å². The molecule has 0 radical (unpaired) electrons. The van der Waals surface area contributed by atoms with Crippen LogP contribution in [0.25, 0.3) is 10.8 Å². The third-order valence-electron chi connectivity index (χ3n) is 3.12. The van der Waals surface area contributed by atoms with E-state index in [4.69, 9.17) is 5.73 Å². The van der Waals surface area contributed by atoms with Gasteiger partial charge in [-0.1, -0.05) is 0 Å². The summed E-state index contributed by atoms with van der Waals surface area (Å²) in [7, 11) is 0. The number of pyridine rings is 1. The highest BCUT2D eigenvalue weighted by atomic mass is 14.9. The van der Waals surface area contributed by atoms with Crippen molar-refractivity contribution in [2.24, 2.45) is 0 Å². The van der Waals surface area contributed by atoms with Crippen LogP contribution in [0.5, 0.6) is 0 Å². The van der Waals surface area contributed by atoms with Gasteiger partial charge in [0.25, 0.3) is 0 Å². The standard InChI is InChI=1S/C14H15N5/c15-13-1-2-14(11-4-5-16-8-12(11)13)18-6-3-10-7-17-9-19-10/h1-2,4-5,7-9,18H,3,6,15H2,(H,17,19). The number of benzene rings is 1. The minimum absolute atomic E-state index is 0.752. The van der Waals surface area contributed by atoms with Crippen LogP contribution in [-0.2, 0) is 6.42 Å². The summed E-state index contributed by atoms with van der Waals surface area (Å²) < 4.78 is 0. The van der Waals surface area contributed by atoms with E-state index >= 15 is 0 Å². The number of aromatic amines is 1. The summed E-state index contributed by atoms with van der Waals surface area (Å²) in [5.41, 5.74) is 8.90. The van der Waals surface area contributed by atoms with Crippen LogP contribution in [-0.4, -0.2) is 21.5 Å². The highest BCUT2D eigenvalue weighted by molar-refractivity contribution is 6.00. The molecule has 5 heteroatoms. The predicted molar refractivity (Wildman–Crippen MR) is 76.9 cm³/mol. The highest BCUT2D eigenvalue weighted by Crippen LogP contribution is 2.27. The van der Waals surface area contributed by atoms with Crippen molar-refractivity contribution in [3.05, 3.63) is 48.8 Å². The molecule has 5 nitrogen and oxygen atoms in total. The van der Waals surface area contributed by atoms with Crippen molar-refractivity contribution in [1.82, 2.24) is 15.0 Å². The van der Waals surface area contributed by atoms with E-state index < -0.39 is 0 Å². The lowest BCUT2D eigenvalue weighted by molar-refractivity contribution is 0.978. The molecule has 0 spiro atoms. The van der Waals surface area contributed by atoms with Crippen LogP contribution in [0.15, 0.2) is 43.1 Å². The number of H-pyrrole nitrogens is 1. The number of nitrogens with two attached hydrogens (primary N) is 1. The predicted octanol–water partition coefficient (Wildman–Crippen LogP) is 2.19. The van der Waals surface area contributed by atoms with Crippen molar-refractivity contribution >= 4 is 22.1 Å². The minimum atomic E-state index is 0.752. The maximum atomic E-state index is 5.95. The van der Waals surface area contributed by atoms with Crippen molar-refractivity contribution in [2.75, 3.05) is 17.6 Å². The Bertz CT molecular complexity index is 675. The summed E-state index contributed by atoms with van der Waals surface area (Å²) in [6, 6.07) is 5.89. The van der Waals surface area contributed by atoms with Gasteiger partial charge in [-0.25, -0.2) is 4.98 Å². The maximum Gasteiger partial charge on any atom is 0.0921 e. The largest absolute Gasteiger partial charge is 0.398 e. The molecule has 0 atom stereocenters. The summed E-state index contributed by atoms with van der Waals surface area (Å²) in [6.45, 7) is 0.837. The SMILES string of the molecule is Nc1ccc(NCCc2cnc[nH]2)c2ccncc12. The number of anilines is 2. The van der Waals surface area contributed by atoms with Crippen LogP contribution in [0.2, 0.25) is 0 Å². The van der Waals surface area contributed by atoms with Crippen molar-refractivity contribution < 1.29 is 0 Å². The molecule has 2 aromatic heterocycles. The second kappa shape index (κ2) is 4.97. The molecular weight excluding hydrogens is 238 g/mol. The number of rotatable bonds is 4. The lowest BCUT2D eigenvalue weighted by Gasteiger charge is -2.10. The number of aromatic nitrogens is 3. The number of imidazole rings is 1. The summed E-state index contributed by atoms with van der Waals surface area (Å²) >= 11 is 0. The van der Waals surface area contributed by atoms with E-state index in [1.165, 1.54) is 0 Å². The van der Waals surface area contributed by atoms with Crippen LogP contribution in [0, 0.1) is 0 Å². The fraction of sp³-hybridized carbons (Fsp3) is 0.143. The second-order valence-electron chi connectivity index (χ2n) is 4.38. The number of nitrogens with one attached hydrogen (secondary N) is 2. The first-order valence-corrected chi connectivity index (χ1v) is 6.18. The molecule has 3 aromatic rings. The smallest absolute Gasteiger partial charge is 0.0921 e. The van der Waals surface area contributed by atoms with Gasteiger partial charge in [-0.05, 0) is 18.2 Å². The van der Waals surface area contributed by atoms with E-state index in [0.29, 0.717) is 0 Å². The van der Waals surface area contributed by atoms with Crippen LogP contribution in [0.3, 0.4) is 0 Å². The summed E-state index contributed by atoms with van der Waals surface area (Å²) in [5, 5.41) is 5.50. The molecule has 0 unspecified atom stereocenters. The summed E-state index contributed by atoms with van der Waals surface area (Å²) in [6.07, 6.45) is 8.01. The van der Waals surface area contributed by atoms with Gasteiger partial charge in [0.05, 0.1) is 6.33 Å². The molecule has 0 amide bonds. The topological polar surface area (TPSA) is 79.6 Å². The Morgan fingerprint density at radius 1 is 1.11 bits per heavy atom. The molecule has 1 aromatic carbocycles. The van der Waals surface area contributed by atoms with Gasteiger partial charge in [0.1, 0.15) is 0 Å². The molecule has 96 valence electrons. The van der Waals surface area contributed by atoms with Gasteiger partial charge in [-0.3, -0.25) is 4.98 Å². The number of nitrogens with zero attached hydrogens (tertiary/aromatic N) is 2. The normalized spacial score (nSPS) is 10.7. The number of nitrogen functional groups attached to an aromatic ring is 1. The molecule has 0 aliphatic rings. The van der Waals surface area contributed by atoms with E-state index in [2.05, 4.69) is 20.3 Å². The number of fused-ring (bicyclic) bond motifs is 1. The molecule has 0 saturated carbocycles. The molecule has 19 heavy (non-hydrogen) atoms. The van der Waals surface area contributed by atoms with E-state index in [0.717, 1.165) is 40.8 Å². The zero-order valence-corrected chi connectivity index (χ0v) is 10.4. The summed E-state index contributed by atoms with van der Waals surface area (Å²) in [4.78, 5) is 11.2. The number of hydrogen-bond acceptors (Lipinski definition) is 4. The quantitative estimate of drug-likeness (QED) is 0.623. The molecule has 0 aliphatic heterocycles. The fourth-order valence-electron chi connectivity index (χ4n) is 2.12. The van der Waals surface area contributed by atoms with Gasteiger partial charge in [0, 0.05) is 59.4 Å². The Hall–Kier alpha value is -2.56. The zero-order valence-electron chi connectivity index (χ0n) is 10.4. The van der Waals surface area contributed by atoms with Gasteiger partial charge in [0.2, 0.25) is 0 Å². The monoisotopic (exact) mass is 253 g/mol. The second-order valence-corrected chi connectivity index (χ2v) is 4.38. The molecule has 4 N–H and O–H groups in total. The van der Waals surface area contributed by atoms with Crippen molar-refractivity contribution in [2.45, 2.75) is 6.42 Å². The number of hydrogen-bond donors (Lipinski definition) is 3. The van der Waals surface area contributed by atoms with Crippen molar-refractivity contribution in [3.8, 4) is 0 Å².